The number of ether oxygens (including phenoxy) is 2. The number of hydrogen-bond donors (Lipinski definition) is 0. The van der Waals surface area contributed by atoms with Gasteiger partial charge in [-0.25, -0.2) is 0 Å². The summed E-state index contributed by atoms with van der Waals surface area (Å²) in [5.41, 5.74) is 0. The smallest absolute Gasteiger partial charge is 0.308 e. The molecule has 2 unspecified atom stereocenters. The van der Waals surface area contributed by atoms with Gasteiger partial charge in [0.05, 0.1) is 20.1 Å². The van der Waals surface area contributed by atoms with Gasteiger partial charge < -0.3 is 9.47 Å². The molecule has 4 heteroatoms. The fourth-order valence-corrected chi connectivity index (χ4v) is 1.53. The Kier molecular flexibility index (Phi) is 6.75. The average Bonchev–Trinajstić information content (AvgIpc) is 2.24. The minimum atomic E-state index is -0.234. The van der Waals surface area contributed by atoms with Crippen LogP contribution in [0.3, 0.4) is 0 Å². The van der Waals surface area contributed by atoms with Crippen LogP contribution < -0.4 is 0 Å². The number of carbonyl (C=O) groups is 2. The Morgan fingerprint density at radius 3 is 2.20 bits per heavy atom. The van der Waals surface area contributed by atoms with E-state index >= 15 is 0 Å². The van der Waals surface area contributed by atoms with E-state index in [0.717, 1.165) is 6.42 Å². The third-order valence-corrected chi connectivity index (χ3v) is 2.46. The second-order valence-corrected chi connectivity index (χ2v) is 3.75. The van der Waals surface area contributed by atoms with Crippen LogP contribution in [0.1, 0.15) is 33.1 Å². The van der Waals surface area contributed by atoms with Crippen LogP contribution in [-0.2, 0) is 19.1 Å². The van der Waals surface area contributed by atoms with Gasteiger partial charge in [-0.3, -0.25) is 9.59 Å². The van der Waals surface area contributed by atoms with Crippen molar-refractivity contribution in [2.24, 2.45) is 11.8 Å². The van der Waals surface area contributed by atoms with Gasteiger partial charge >= 0.3 is 11.9 Å². The third-order valence-electron chi connectivity index (χ3n) is 2.46. The summed E-state index contributed by atoms with van der Waals surface area (Å²) in [7, 11) is 2.75. The minimum Gasteiger partial charge on any atom is -0.469 e. The molecule has 0 saturated carbocycles. The monoisotopic (exact) mass is 216 g/mol. The van der Waals surface area contributed by atoms with E-state index in [4.69, 9.17) is 0 Å². The van der Waals surface area contributed by atoms with E-state index in [0.29, 0.717) is 12.8 Å². The van der Waals surface area contributed by atoms with Gasteiger partial charge in [0, 0.05) is 6.42 Å². The maximum absolute atomic E-state index is 11.3. The van der Waals surface area contributed by atoms with Gasteiger partial charge in [-0.15, -0.1) is 0 Å². The van der Waals surface area contributed by atoms with Gasteiger partial charge in [0.1, 0.15) is 0 Å². The van der Waals surface area contributed by atoms with Crippen molar-refractivity contribution in [1.29, 1.82) is 0 Å². The lowest BCUT2D eigenvalue weighted by atomic mass is 9.92. The highest BCUT2D eigenvalue weighted by Crippen LogP contribution is 2.19. The fourth-order valence-electron chi connectivity index (χ4n) is 1.53. The number of esters is 2. The molecule has 0 amide bonds. The van der Waals surface area contributed by atoms with Crippen molar-refractivity contribution in [3.63, 3.8) is 0 Å². The molecule has 0 rings (SSSR count). The van der Waals surface area contributed by atoms with E-state index in [1.54, 1.807) is 0 Å². The Hall–Kier alpha value is -1.06. The van der Waals surface area contributed by atoms with Crippen LogP contribution in [0.4, 0.5) is 0 Å². The molecule has 4 nitrogen and oxygen atoms in total. The second kappa shape index (κ2) is 7.26. The normalized spacial score (nSPS) is 14.1. The zero-order chi connectivity index (χ0) is 11.8. The minimum absolute atomic E-state index is 0.116. The summed E-state index contributed by atoms with van der Waals surface area (Å²) in [6.45, 7) is 3.87. The number of carbonyl (C=O) groups excluding carboxylic acids is 2. The molecule has 0 aromatic heterocycles. The summed E-state index contributed by atoms with van der Waals surface area (Å²) in [6.07, 6.45) is 1.75. The number of methoxy groups -OCH3 is 2. The highest BCUT2D eigenvalue weighted by atomic mass is 16.5. The molecular formula is C11H20O4. The summed E-state index contributed by atoms with van der Waals surface area (Å²) < 4.78 is 9.25. The van der Waals surface area contributed by atoms with Gasteiger partial charge in [0.25, 0.3) is 0 Å². The quantitative estimate of drug-likeness (QED) is 0.635. The molecule has 0 aromatic carbocycles. The van der Waals surface area contributed by atoms with Crippen molar-refractivity contribution < 1.29 is 19.1 Å². The van der Waals surface area contributed by atoms with Crippen LogP contribution in [0.2, 0.25) is 0 Å². The van der Waals surface area contributed by atoms with Gasteiger partial charge in [-0.2, -0.15) is 0 Å². The molecule has 15 heavy (non-hydrogen) atoms. The predicted octanol–water partition coefficient (Wildman–Crippen LogP) is 1.77. The van der Waals surface area contributed by atoms with Gasteiger partial charge in [-0.1, -0.05) is 13.8 Å². The molecule has 0 fully saturated rings. The first kappa shape index (κ1) is 13.9. The zero-order valence-corrected chi connectivity index (χ0v) is 9.91. The molecule has 0 heterocycles. The first-order valence-electron chi connectivity index (χ1n) is 5.19. The number of hydrogen-bond acceptors (Lipinski definition) is 4. The largest absolute Gasteiger partial charge is 0.469 e. The zero-order valence-electron chi connectivity index (χ0n) is 9.91. The Labute approximate surface area is 90.9 Å². The summed E-state index contributed by atoms with van der Waals surface area (Å²) in [5.74, 6) is -0.410. The first-order chi connectivity index (χ1) is 7.04. The standard InChI is InChI=1S/C11H20O4/c1-5-9(11(13)15-4)6-8(2)7-10(12)14-3/h8-9H,5-7H2,1-4H3. The van der Waals surface area contributed by atoms with E-state index < -0.39 is 0 Å². The molecule has 0 bridgehead atoms. The maximum atomic E-state index is 11.3. The van der Waals surface area contributed by atoms with Crippen molar-refractivity contribution >= 4 is 11.9 Å². The van der Waals surface area contributed by atoms with Crippen LogP contribution in [0.5, 0.6) is 0 Å². The summed E-state index contributed by atoms with van der Waals surface area (Å²) in [5, 5.41) is 0. The molecule has 0 aliphatic heterocycles. The molecule has 0 aliphatic rings. The molecule has 0 aromatic rings. The lowest BCUT2D eigenvalue weighted by Crippen LogP contribution is -2.19. The van der Waals surface area contributed by atoms with Gasteiger partial charge in [-0.05, 0) is 18.8 Å². The summed E-state index contributed by atoms with van der Waals surface area (Å²) in [6, 6.07) is 0. The second-order valence-electron chi connectivity index (χ2n) is 3.75. The van der Waals surface area contributed by atoms with Crippen LogP contribution in [0.25, 0.3) is 0 Å². The molecule has 0 spiro atoms. The lowest BCUT2D eigenvalue weighted by molar-refractivity contribution is -0.147. The highest BCUT2D eigenvalue weighted by molar-refractivity contribution is 5.72. The molecule has 0 radical (unpaired) electrons. The summed E-state index contributed by atoms with van der Waals surface area (Å²) >= 11 is 0. The van der Waals surface area contributed by atoms with Crippen LogP contribution in [0.15, 0.2) is 0 Å². The van der Waals surface area contributed by atoms with E-state index in [2.05, 4.69) is 9.47 Å². The van der Waals surface area contributed by atoms with Crippen molar-refractivity contribution in [3.8, 4) is 0 Å². The predicted molar refractivity (Wildman–Crippen MR) is 56.2 cm³/mol. The van der Waals surface area contributed by atoms with E-state index in [9.17, 15) is 9.59 Å². The van der Waals surface area contributed by atoms with Crippen LogP contribution in [-0.4, -0.2) is 26.2 Å². The fraction of sp³-hybridized carbons (Fsp3) is 0.818. The highest BCUT2D eigenvalue weighted by Gasteiger charge is 2.21. The SMILES string of the molecule is CCC(CC(C)CC(=O)OC)C(=O)OC. The van der Waals surface area contributed by atoms with Crippen molar-refractivity contribution in [1.82, 2.24) is 0 Å². The first-order valence-corrected chi connectivity index (χ1v) is 5.19. The molecule has 88 valence electrons. The number of rotatable bonds is 6. The van der Waals surface area contributed by atoms with Crippen LogP contribution >= 0.6 is 0 Å². The molecule has 2 atom stereocenters. The molecule has 0 N–H and O–H groups in total. The van der Waals surface area contributed by atoms with Crippen LogP contribution in [0, 0.1) is 11.8 Å². The van der Waals surface area contributed by atoms with Crippen molar-refractivity contribution in [2.75, 3.05) is 14.2 Å². The lowest BCUT2D eigenvalue weighted by Gasteiger charge is -2.16. The Balaban J connectivity index is 4.06. The van der Waals surface area contributed by atoms with E-state index in [1.807, 2.05) is 13.8 Å². The van der Waals surface area contributed by atoms with Gasteiger partial charge in [0.15, 0.2) is 0 Å². The van der Waals surface area contributed by atoms with E-state index in [1.165, 1.54) is 14.2 Å². The maximum Gasteiger partial charge on any atom is 0.308 e. The van der Waals surface area contributed by atoms with Gasteiger partial charge in [0.2, 0.25) is 0 Å². The van der Waals surface area contributed by atoms with E-state index in [-0.39, 0.29) is 23.8 Å². The Morgan fingerprint density at radius 1 is 1.20 bits per heavy atom. The Morgan fingerprint density at radius 2 is 1.80 bits per heavy atom. The molecule has 0 aliphatic carbocycles. The molecular weight excluding hydrogens is 196 g/mol. The van der Waals surface area contributed by atoms with Crippen molar-refractivity contribution in [2.45, 2.75) is 33.1 Å². The topological polar surface area (TPSA) is 52.6 Å². The Bertz CT molecular complexity index is 213. The summed E-state index contributed by atoms with van der Waals surface area (Å²) in [4.78, 5) is 22.3. The average molecular weight is 216 g/mol. The third kappa shape index (κ3) is 5.40. The van der Waals surface area contributed by atoms with Crippen molar-refractivity contribution in [3.05, 3.63) is 0 Å². The molecule has 0 saturated heterocycles.